The Morgan fingerprint density at radius 3 is 2.56 bits per heavy atom. The van der Waals surface area contributed by atoms with Gasteiger partial charge in [-0.3, -0.25) is 9.78 Å². The lowest BCUT2D eigenvalue weighted by atomic mass is 10.1. The number of fused-ring (bicyclic) bond motifs is 1. The second kappa shape index (κ2) is 9.30. The fourth-order valence-corrected chi connectivity index (χ4v) is 4.21. The molecule has 4 aromatic rings. The SMILES string of the molecule is CC=CC(=O)N1CCC(n2nc(-c3ccc(Oc4ccccc4)cn3)c3c(N)ncnc32)CC1. The number of nitrogen functional groups attached to an aromatic ring is 1. The van der Waals surface area contributed by atoms with Crippen LogP contribution in [0.15, 0.2) is 67.1 Å². The molecule has 0 radical (unpaired) electrons. The summed E-state index contributed by atoms with van der Waals surface area (Å²) < 4.78 is 7.77. The molecule has 0 aliphatic carbocycles. The van der Waals surface area contributed by atoms with E-state index in [0.717, 1.165) is 18.6 Å². The van der Waals surface area contributed by atoms with Gasteiger partial charge < -0.3 is 15.4 Å². The van der Waals surface area contributed by atoms with E-state index in [1.54, 1.807) is 18.3 Å². The first-order valence-electron chi connectivity index (χ1n) is 11.2. The Morgan fingerprint density at radius 1 is 1.06 bits per heavy atom. The molecule has 9 heteroatoms. The number of amides is 1. The summed E-state index contributed by atoms with van der Waals surface area (Å²) in [5.74, 6) is 1.77. The number of rotatable bonds is 5. The maximum absolute atomic E-state index is 12.2. The van der Waals surface area contributed by atoms with Gasteiger partial charge in [-0.15, -0.1) is 0 Å². The molecule has 1 amide bonds. The van der Waals surface area contributed by atoms with E-state index in [-0.39, 0.29) is 11.9 Å². The summed E-state index contributed by atoms with van der Waals surface area (Å²) in [6.07, 6.45) is 8.05. The van der Waals surface area contributed by atoms with E-state index in [4.69, 9.17) is 15.6 Å². The second-order valence-corrected chi connectivity index (χ2v) is 8.10. The van der Waals surface area contributed by atoms with Gasteiger partial charge in [-0.1, -0.05) is 24.3 Å². The quantitative estimate of drug-likeness (QED) is 0.453. The number of aromatic nitrogens is 5. The van der Waals surface area contributed by atoms with Crippen LogP contribution in [0.2, 0.25) is 0 Å². The van der Waals surface area contributed by atoms with Crippen LogP contribution >= 0.6 is 0 Å². The van der Waals surface area contributed by atoms with Gasteiger partial charge in [-0.25, -0.2) is 14.6 Å². The lowest BCUT2D eigenvalue weighted by molar-refractivity contribution is -0.127. The molecule has 3 aromatic heterocycles. The number of piperidine rings is 1. The lowest BCUT2D eigenvalue weighted by Crippen LogP contribution is -2.38. The fourth-order valence-electron chi connectivity index (χ4n) is 4.21. The minimum atomic E-state index is 0.0422. The van der Waals surface area contributed by atoms with Crippen LogP contribution in [-0.4, -0.2) is 48.6 Å². The maximum Gasteiger partial charge on any atom is 0.246 e. The van der Waals surface area contributed by atoms with Crippen molar-refractivity contribution < 1.29 is 9.53 Å². The Hall–Kier alpha value is -4.27. The van der Waals surface area contributed by atoms with Gasteiger partial charge in [0.25, 0.3) is 0 Å². The van der Waals surface area contributed by atoms with E-state index in [9.17, 15) is 4.79 Å². The molecule has 1 fully saturated rings. The number of carbonyl (C=O) groups excluding carboxylic acids is 1. The van der Waals surface area contributed by atoms with Crippen molar-refractivity contribution in [2.45, 2.75) is 25.8 Å². The van der Waals surface area contributed by atoms with Crippen molar-refractivity contribution in [2.24, 2.45) is 0 Å². The third-order valence-electron chi connectivity index (χ3n) is 5.91. The number of nitrogens with zero attached hydrogens (tertiary/aromatic N) is 6. The molecule has 0 bridgehead atoms. The molecule has 0 unspecified atom stereocenters. The predicted octanol–water partition coefficient (Wildman–Crippen LogP) is 4.00. The summed E-state index contributed by atoms with van der Waals surface area (Å²) >= 11 is 0. The number of ether oxygens (including phenoxy) is 1. The number of hydrogen-bond acceptors (Lipinski definition) is 7. The Kier molecular flexibility index (Phi) is 5.90. The van der Waals surface area contributed by atoms with Crippen LogP contribution in [0.25, 0.3) is 22.4 Å². The number of para-hydroxylation sites is 1. The van der Waals surface area contributed by atoms with Crippen LogP contribution in [0.4, 0.5) is 5.82 Å². The first kappa shape index (κ1) is 21.6. The molecule has 4 heterocycles. The van der Waals surface area contributed by atoms with Crippen molar-refractivity contribution in [2.75, 3.05) is 18.8 Å². The molecule has 5 rings (SSSR count). The molecule has 1 aromatic carbocycles. The van der Waals surface area contributed by atoms with Crippen molar-refractivity contribution in [3.8, 4) is 22.9 Å². The largest absolute Gasteiger partial charge is 0.456 e. The lowest BCUT2D eigenvalue weighted by Gasteiger charge is -2.31. The van der Waals surface area contributed by atoms with Gasteiger partial charge in [0, 0.05) is 13.1 Å². The number of benzene rings is 1. The summed E-state index contributed by atoms with van der Waals surface area (Å²) in [6, 6.07) is 13.4. The zero-order valence-corrected chi connectivity index (χ0v) is 18.8. The normalized spacial score (nSPS) is 14.7. The van der Waals surface area contributed by atoms with E-state index in [2.05, 4.69) is 15.0 Å². The smallest absolute Gasteiger partial charge is 0.246 e. The summed E-state index contributed by atoms with van der Waals surface area (Å²) in [5.41, 5.74) is 8.21. The average Bonchev–Trinajstić information content (AvgIpc) is 3.26. The number of anilines is 1. The molecule has 34 heavy (non-hydrogen) atoms. The highest BCUT2D eigenvalue weighted by Gasteiger charge is 2.27. The topological polar surface area (TPSA) is 112 Å². The maximum atomic E-state index is 12.2. The highest BCUT2D eigenvalue weighted by Crippen LogP contribution is 2.34. The number of pyridine rings is 1. The molecule has 1 aliphatic heterocycles. The van der Waals surface area contributed by atoms with Crippen molar-refractivity contribution in [1.82, 2.24) is 29.6 Å². The molecule has 172 valence electrons. The zero-order valence-electron chi connectivity index (χ0n) is 18.8. The van der Waals surface area contributed by atoms with Gasteiger partial charge in [0.15, 0.2) is 5.65 Å². The minimum absolute atomic E-state index is 0.0422. The molecule has 9 nitrogen and oxygen atoms in total. The average molecular weight is 456 g/mol. The molecular formula is C25H25N7O2. The van der Waals surface area contributed by atoms with Crippen LogP contribution in [0.5, 0.6) is 11.5 Å². The molecule has 0 spiro atoms. The van der Waals surface area contributed by atoms with Crippen molar-refractivity contribution in [3.05, 3.63) is 67.1 Å². The van der Waals surface area contributed by atoms with Crippen LogP contribution < -0.4 is 10.5 Å². The van der Waals surface area contributed by atoms with E-state index in [1.165, 1.54) is 6.33 Å². The predicted molar refractivity (Wildman–Crippen MR) is 129 cm³/mol. The Bertz CT molecular complexity index is 1320. The minimum Gasteiger partial charge on any atom is -0.456 e. The van der Waals surface area contributed by atoms with Crippen LogP contribution in [-0.2, 0) is 4.79 Å². The Morgan fingerprint density at radius 2 is 1.85 bits per heavy atom. The highest BCUT2D eigenvalue weighted by atomic mass is 16.5. The number of likely N-dealkylation sites (tertiary alicyclic amines) is 1. The summed E-state index contributed by atoms with van der Waals surface area (Å²) in [6.45, 7) is 3.17. The van der Waals surface area contributed by atoms with E-state index in [1.807, 2.05) is 59.0 Å². The summed E-state index contributed by atoms with van der Waals surface area (Å²) in [7, 11) is 0. The van der Waals surface area contributed by atoms with Gasteiger partial charge in [-0.05, 0) is 50.1 Å². The first-order chi connectivity index (χ1) is 16.6. The van der Waals surface area contributed by atoms with Crippen molar-refractivity contribution >= 4 is 22.8 Å². The van der Waals surface area contributed by atoms with Crippen molar-refractivity contribution in [3.63, 3.8) is 0 Å². The monoisotopic (exact) mass is 455 g/mol. The third kappa shape index (κ3) is 4.19. The van der Waals surface area contributed by atoms with Crippen LogP contribution in [0.3, 0.4) is 0 Å². The number of nitrogens with two attached hydrogens (primary N) is 1. The standard InChI is InChI=1S/C25H25N7O2/c1-2-6-21(33)31-13-11-17(12-14-31)32-25-22(24(26)28-16-29-25)23(30-32)20-10-9-19(15-27-20)34-18-7-4-3-5-8-18/h2-10,15-17H,11-14H2,1H3,(H2,26,28,29). The van der Waals surface area contributed by atoms with Crippen molar-refractivity contribution in [1.29, 1.82) is 0 Å². The van der Waals surface area contributed by atoms with Gasteiger partial charge in [0.05, 0.1) is 23.3 Å². The third-order valence-corrected chi connectivity index (χ3v) is 5.91. The summed E-state index contributed by atoms with van der Waals surface area (Å²) in [5, 5.41) is 5.56. The number of allylic oxidation sites excluding steroid dienone is 1. The second-order valence-electron chi connectivity index (χ2n) is 8.10. The highest BCUT2D eigenvalue weighted by molar-refractivity contribution is 5.97. The molecule has 1 saturated heterocycles. The molecule has 2 N–H and O–H groups in total. The molecule has 0 saturated carbocycles. The van der Waals surface area contributed by atoms with E-state index in [0.29, 0.717) is 47.1 Å². The summed E-state index contributed by atoms with van der Waals surface area (Å²) in [4.78, 5) is 27.3. The van der Waals surface area contributed by atoms with E-state index >= 15 is 0 Å². The zero-order chi connectivity index (χ0) is 23.5. The van der Waals surface area contributed by atoms with Gasteiger partial charge in [0.2, 0.25) is 5.91 Å². The molecule has 1 aliphatic rings. The van der Waals surface area contributed by atoms with Gasteiger partial charge >= 0.3 is 0 Å². The van der Waals surface area contributed by atoms with Crippen LogP contribution in [0.1, 0.15) is 25.8 Å². The molecule has 0 atom stereocenters. The Labute approximate surface area is 196 Å². The van der Waals surface area contributed by atoms with Gasteiger partial charge in [-0.2, -0.15) is 5.10 Å². The number of hydrogen-bond donors (Lipinski definition) is 1. The van der Waals surface area contributed by atoms with Gasteiger partial charge in [0.1, 0.15) is 29.3 Å². The Balaban J connectivity index is 1.43. The first-order valence-corrected chi connectivity index (χ1v) is 11.2. The van der Waals surface area contributed by atoms with E-state index < -0.39 is 0 Å². The fraction of sp³-hybridized carbons (Fsp3) is 0.240. The number of carbonyl (C=O) groups is 1. The van der Waals surface area contributed by atoms with Crippen LogP contribution in [0, 0.1) is 0 Å². The molecular weight excluding hydrogens is 430 g/mol.